The molecule has 92 valence electrons. The summed E-state index contributed by atoms with van der Waals surface area (Å²) >= 11 is 0. The van der Waals surface area contributed by atoms with Crippen molar-refractivity contribution in [3.63, 3.8) is 0 Å². The summed E-state index contributed by atoms with van der Waals surface area (Å²) in [5.74, 6) is 1.05. The van der Waals surface area contributed by atoms with Crippen LogP contribution in [0, 0.1) is 11.8 Å². The van der Waals surface area contributed by atoms with Gasteiger partial charge in [-0.3, -0.25) is 0 Å². The van der Waals surface area contributed by atoms with Crippen LogP contribution < -0.4 is 5.32 Å². The van der Waals surface area contributed by atoms with Gasteiger partial charge in [-0.15, -0.1) is 10.2 Å². The van der Waals surface area contributed by atoms with Crippen LogP contribution in [0.25, 0.3) is 0 Å². The summed E-state index contributed by atoms with van der Waals surface area (Å²) in [6, 6.07) is 3.13. The first-order valence-electron chi connectivity index (χ1n) is 5.97. The van der Waals surface area contributed by atoms with Crippen LogP contribution in [-0.2, 0) is 0 Å². The van der Waals surface area contributed by atoms with E-state index < -0.39 is 5.97 Å². The number of nitrogens with zero attached hydrogens (tertiary/aromatic N) is 2. The molecule has 5 heteroatoms. The van der Waals surface area contributed by atoms with E-state index in [1.165, 1.54) is 25.3 Å². The second-order valence-corrected chi connectivity index (χ2v) is 4.66. The number of aromatic carboxylic acids is 1. The molecule has 0 aliphatic heterocycles. The largest absolute Gasteiger partial charge is 0.476 e. The summed E-state index contributed by atoms with van der Waals surface area (Å²) in [5, 5.41) is 19.4. The Balaban J connectivity index is 1.88. The van der Waals surface area contributed by atoms with Gasteiger partial charge in [-0.2, -0.15) is 0 Å². The SMILES string of the molecule is CC1CCCC1CNc1ccc(C(=O)O)nn1. The maximum atomic E-state index is 10.6. The van der Waals surface area contributed by atoms with Crippen LogP contribution >= 0.6 is 0 Å². The molecule has 2 unspecified atom stereocenters. The quantitative estimate of drug-likeness (QED) is 0.835. The maximum Gasteiger partial charge on any atom is 0.356 e. The Morgan fingerprint density at radius 1 is 1.47 bits per heavy atom. The summed E-state index contributed by atoms with van der Waals surface area (Å²) in [5.41, 5.74) is -0.0233. The minimum absolute atomic E-state index is 0.0233. The number of anilines is 1. The molecule has 5 nitrogen and oxygen atoms in total. The lowest BCUT2D eigenvalue weighted by molar-refractivity contribution is 0.0689. The van der Waals surface area contributed by atoms with E-state index in [2.05, 4.69) is 22.4 Å². The van der Waals surface area contributed by atoms with Gasteiger partial charge in [0, 0.05) is 6.54 Å². The molecule has 0 saturated heterocycles. The predicted octanol–water partition coefficient (Wildman–Crippen LogP) is 2.02. The molecule has 1 aromatic heterocycles. The Labute approximate surface area is 100 Å². The monoisotopic (exact) mass is 235 g/mol. The molecule has 1 fully saturated rings. The highest BCUT2D eigenvalue weighted by Crippen LogP contribution is 2.30. The third-order valence-corrected chi connectivity index (χ3v) is 3.47. The van der Waals surface area contributed by atoms with Gasteiger partial charge in [-0.1, -0.05) is 19.8 Å². The summed E-state index contributed by atoms with van der Waals surface area (Å²) in [4.78, 5) is 10.6. The van der Waals surface area contributed by atoms with Gasteiger partial charge in [0.1, 0.15) is 5.82 Å². The third-order valence-electron chi connectivity index (χ3n) is 3.47. The van der Waals surface area contributed by atoms with Crippen LogP contribution in [0.2, 0.25) is 0 Å². The molecule has 2 N–H and O–H groups in total. The minimum atomic E-state index is -1.05. The zero-order valence-corrected chi connectivity index (χ0v) is 9.89. The van der Waals surface area contributed by atoms with Gasteiger partial charge in [0.05, 0.1) is 0 Å². The molecular formula is C12H17N3O2. The summed E-state index contributed by atoms with van der Waals surface area (Å²) < 4.78 is 0. The standard InChI is InChI=1S/C12H17N3O2/c1-8-3-2-4-9(8)7-13-11-6-5-10(12(16)17)14-15-11/h5-6,8-9H,2-4,7H2,1H3,(H,13,15)(H,16,17). The van der Waals surface area contributed by atoms with Crippen molar-refractivity contribution < 1.29 is 9.90 Å². The first-order chi connectivity index (χ1) is 8.16. The van der Waals surface area contributed by atoms with Crippen molar-refractivity contribution in [3.05, 3.63) is 17.8 Å². The lowest BCUT2D eigenvalue weighted by atomic mass is 9.98. The van der Waals surface area contributed by atoms with Crippen LogP contribution in [0.4, 0.5) is 5.82 Å². The number of hydrogen-bond acceptors (Lipinski definition) is 4. The summed E-state index contributed by atoms with van der Waals surface area (Å²) in [6.07, 6.45) is 3.86. The number of nitrogens with one attached hydrogen (secondary N) is 1. The van der Waals surface area contributed by atoms with Crippen LogP contribution in [-0.4, -0.2) is 27.8 Å². The Bertz CT molecular complexity index is 391. The van der Waals surface area contributed by atoms with Crippen molar-refractivity contribution in [1.29, 1.82) is 0 Å². The highest BCUT2D eigenvalue weighted by atomic mass is 16.4. The number of carboxylic acid groups (broad SMARTS) is 1. The molecule has 0 spiro atoms. The van der Waals surface area contributed by atoms with E-state index >= 15 is 0 Å². The topological polar surface area (TPSA) is 75.1 Å². The average molecular weight is 235 g/mol. The van der Waals surface area contributed by atoms with Crippen molar-refractivity contribution in [1.82, 2.24) is 10.2 Å². The number of hydrogen-bond donors (Lipinski definition) is 2. The molecule has 0 radical (unpaired) electrons. The highest BCUT2D eigenvalue weighted by Gasteiger charge is 2.22. The normalized spacial score (nSPS) is 23.6. The fraction of sp³-hybridized carbons (Fsp3) is 0.583. The van der Waals surface area contributed by atoms with Gasteiger partial charge in [-0.05, 0) is 30.4 Å². The highest BCUT2D eigenvalue weighted by molar-refractivity contribution is 5.85. The molecule has 17 heavy (non-hydrogen) atoms. The van der Waals surface area contributed by atoms with Gasteiger partial charge in [0.2, 0.25) is 0 Å². The Morgan fingerprint density at radius 2 is 2.29 bits per heavy atom. The molecular weight excluding hydrogens is 218 g/mol. The van der Waals surface area contributed by atoms with Gasteiger partial charge in [-0.25, -0.2) is 4.79 Å². The van der Waals surface area contributed by atoms with E-state index in [1.807, 2.05) is 0 Å². The molecule has 1 aliphatic carbocycles. The molecule has 0 amide bonds. The molecule has 1 aliphatic rings. The number of carboxylic acids is 1. The van der Waals surface area contributed by atoms with Crippen LogP contribution in [0.5, 0.6) is 0 Å². The lowest BCUT2D eigenvalue weighted by Crippen LogP contribution is -2.17. The van der Waals surface area contributed by atoms with Crippen LogP contribution in [0.3, 0.4) is 0 Å². The van der Waals surface area contributed by atoms with Gasteiger partial charge in [0.25, 0.3) is 0 Å². The van der Waals surface area contributed by atoms with Crippen molar-refractivity contribution >= 4 is 11.8 Å². The second-order valence-electron chi connectivity index (χ2n) is 4.66. The van der Waals surface area contributed by atoms with Crippen molar-refractivity contribution in [2.24, 2.45) is 11.8 Å². The number of carbonyl (C=O) groups is 1. The van der Waals surface area contributed by atoms with Gasteiger partial charge < -0.3 is 10.4 Å². The molecule has 0 aromatic carbocycles. The number of aromatic nitrogens is 2. The third kappa shape index (κ3) is 2.93. The predicted molar refractivity (Wildman–Crippen MR) is 64.0 cm³/mol. The van der Waals surface area contributed by atoms with Crippen molar-refractivity contribution in [3.8, 4) is 0 Å². The maximum absolute atomic E-state index is 10.6. The molecule has 2 atom stereocenters. The first kappa shape index (κ1) is 11.8. The Hall–Kier alpha value is -1.65. The van der Waals surface area contributed by atoms with E-state index in [0.29, 0.717) is 11.7 Å². The van der Waals surface area contributed by atoms with Gasteiger partial charge >= 0.3 is 5.97 Å². The lowest BCUT2D eigenvalue weighted by Gasteiger charge is -2.15. The summed E-state index contributed by atoms with van der Waals surface area (Å²) in [6.45, 7) is 3.17. The summed E-state index contributed by atoms with van der Waals surface area (Å²) in [7, 11) is 0. The smallest absolute Gasteiger partial charge is 0.356 e. The Morgan fingerprint density at radius 3 is 2.82 bits per heavy atom. The molecule has 1 heterocycles. The van der Waals surface area contributed by atoms with Crippen LogP contribution in [0.15, 0.2) is 12.1 Å². The molecule has 2 rings (SSSR count). The zero-order valence-electron chi connectivity index (χ0n) is 9.89. The van der Waals surface area contributed by atoms with Gasteiger partial charge in [0.15, 0.2) is 5.69 Å². The second kappa shape index (κ2) is 5.12. The van der Waals surface area contributed by atoms with E-state index in [0.717, 1.165) is 12.5 Å². The van der Waals surface area contributed by atoms with E-state index in [1.54, 1.807) is 6.07 Å². The molecule has 1 aromatic rings. The molecule has 0 bridgehead atoms. The van der Waals surface area contributed by atoms with E-state index in [4.69, 9.17) is 5.11 Å². The molecule has 1 saturated carbocycles. The number of rotatable bonds is 4. The average Bonchev–Trinajstić information content (AvgIpc) is 2.73. The van der Waals surface area contributed by atoms with Crippen molar-refractivity contribution in [2.45, 2.75) is 26.2 Å². The zero-order chi connectivity index (χ0) is 12.3. The minimum Gasteiger partial charge on any atom is -0.476 e. The van der Waals surface area contributed by atoms with Crippen LogP contribution in [0.1, 0.15) is 36.7 Å². The fourth-order valence-electron chi connectivity index (χ4n) is 2.30. The Kier molecular flexibility index (Phi) is 3.56. The van der Waals surface area contributed by atoms with Crippen molar-refractivity contribution in [2.75, 3.05) is 11.9 Å². The van der Waals surface area contributed by atoms with E-state index in [9.17, 15) is 4.79 Å². The first-order valence-corrected chi connectivity index (χ1v) is 5.97. The van der Waals surface area contributed by atoms with E-state index in [-0.39, 0.29) is 5.69 Å². The fourth-order valence-corrected chi connectivity index (χ4v) is 2.30.